The lowest BCUT2D eigenvalue weighted by Crippen LogP contribution is -2.18. The largest absolute Gasteiger partial charge is 0.417 e. The Kier molecular flexibility index (Phi) is 4.85. The van der Waals surface area contributed by atoms with Crippen molar-refractivity contribution in [3.05, 3.63) is 59.9 Å². The van der Waals surface area contributed by atoms with E-state index in [1.54, 1.807) is 6.07 Å². The third kappa shape index (κ3) is 3.76. The number of pyridine rings is 1. The van der Waals surface area contributed by atoms with Gasteiger partial charge in [0.05, 0.1) is 5.56 Å². The molecule has 3 rings (SSSR count). The van der Waals surface area contributed by atoms with Crippen LogP contribution in [0.3, 0.4) is 0 Å². The average Bonchev–Trinajstić information content (AvgIpc) is 3.10. The molecule has 9 heteroatoms. The number of hydrogen-bond donors (Lipinski definition) is 2. The highest BCUT2D eigenvalue weighted by Crippen LogP contribution is 2.38. The summed E-state index contributed by atoms with van der Waals surface area (Å²) in [5, 5.41) is 6.58. The van der Waals surface area contributed by atoms with E-state index in [2.05, 4.69) is 15.4 Å². The Hall–Kier alpha value is -3.36. The van der Waals surface area contributed by atoms with Gasteiger partial charge in [-0.2, -0.15) is 18.3 Å². The van der Waals surface area contributed by atoms with Gasteiger partial charge in [0.15, 0.2) is 0 Å². The summed E-state index contributed by atoms with van der Waals surface area (Å²) < 4.78 is 41.2. The van der Waals surface area contributed by atoms with Gasteiger partial charge in [-0.05, 0) is 36.8 Å². The van der Waals surface area contributed by atoms with Crippen molar-refractivity contribution in [2.45, 2.75) is 19.6 Å². The Morgan fingerprint density at radius 3 is 2.56 bits per heavy atom. The number of amides is 1. The van der Waals surface area contributed by atoms with Crippen LogP contribution in [0.4, 0.5) is 24.8 Å². The predicted octanol–water partition coefficient (Wildman–Crippen LogP) is 3.82. The second-order valence-electron chi connectivity index (χ2n) is 5.66. The molecule has 0 aliphatic rings. The number of nitrogens with zero attached hydrogens (tertiary/aromatic N) is 3. The topological polar surface area (TPSA) is 85.8 Å². The zero-order valence-electron chi connectivity index (χ0n) is 14.3. The molecule has 3 N–H and O–H groups in total. The van der Waals surface area contributed by atoms with Gasteiger partial charge in [0, 0.05) is 18.3 Å². The van der Waals surface area contributed by atoms with Crippen molar-refractivity contribution in [1.29, 1.82) is 0 Å². The van der Waals surface area contributed by atoms with E-state index < -0.39 is 17.6 Å². The summed E-state index contributed by atoms with van der Waals surface area (Å²) in [5.41, 5.74) is 5.47. The molecule has 0 spiro atoms. The Balaban J connectivity index is 1.91. The van der Waals surface area contributed by atoms with Crippen LogP contribution < -0.4 is 11.1 Å². The van der Waals surface area contributed by atoms with Crippen LogP contribution in [-0.4, -0.2) is 20.7 Å². The highest BCUT2D eigenvalue weighted by atomic mass is 19.4. The Morgan fingerprint density at radius 2 is 1.89 bits per heavy atom. The Labute approximate surface area is 152 Å². The molecule has 0 atom stereocenters. The number of nitrogen functional groups attached to an aromatic ring is 1. The quantitative estimate of drug-likeness (QED) is 0.726. The van der Waals surface area contributed by atoms with Crippen LogP contribution in [0.2, 0.25) is 0 Å². The molecule has 140 valence electrons. The van der Waals surface area contributed by atoms with E-state index in [9.17, 15) is 18.0 Å². The number of benzene rings is 1. The molecule has 0 bridgehead atoms. The van der Waals surface area contributed by atoms with Crippen LogP contribution in [0.5, 0.6) is 0 Å². The monoisotopic (exact) mass is 375 g/mol. The molecule has 1 aromatic carbocycles. The molecule has 0 aliphatic heterocycles. The summed E-state index contributed by atoms with van der Waals surface area (Å²) in [7, 11) is 0. The molecule has 2 heterocycles. The number of hydrogen-bond acceptors (Lipinski definition) is 4. The van der Waals surface area contributed by atoms with Gasteiger partial charge in [0.1, 0.15) is 17.3 Å². The van der Waals surface area contributed by atoms with Gasteiger partial charge in [0.2, 0.25) is 0 Å². The standard InChI is InChI=1S/C18H16F3N5O/c1-2-26-14(9-10-23-26)17(27)25-15-8-7-12(16(22)24-15)11-5-3-4-6-13(11)18(19,20)21/h3-10H,2H2,1H3,(H3,22,24,25,27). The van der Waals surface area contributed by atoms with Crippen molar-refractivity contribution >= 4 is 17.5 Å². The van der Waals surface area contributed by atoms with E-state index in [4.69, 9.17) is 5.73 Å². The van der Waals surface area contributed by atoms with E-state index in [0.717, 1.165) is 6.07 Å². The van der Waals surface area contributed by atoms with Crippen LogP contribution >= 0.6 is 0 Å². The van der Waals surface area contributed by atoms with E-state index in [0.29, 0.717) is 12.2 Å². The molecule has 0 saturated heterocycles. The van der Waals surface area contributed by atoms with Gasteiger partial charge < -0.3 is 11.1 Å². The van der Waals surface area contributed by atoms with Gasteiger partial charge in [-0.25, -0.2) is 4.98 Å². The maximum atomic E-state index is 13.2. The minimum atomic E-state index is -4.52. The number of anilines is 2. The summed E-state index contributed by atoms with van der Waals surface area (Å²) in [6.07, 6.45) is -3.02. The Bertz CT molecular complexity index is 981. The van der Waals surface area contributed by atoms with Gasteiger partial charge >= 0.3 is 6.18 Å². The van der Waals surface area contributed by atoms with E-state index in [-0.39, 0.29) is 22.8 Å². The first-order valence-electron chi connectivity index (χ1n) is 8.07. The highest BCUT2D eigenvalue weighted by Gasteiger charge is 2.33. The first-order valence-corrected chi connectivity index (χ1v) is 8.07. The summed E-state index contributed by atoms with van der Waals surface area (Å²) in [6.45, 7) is 2.35. The molecule has 6 nitrogen and oxygen atoms in total. The van der Waals surface area contributed by atoms with Crippen LogP contribution in [0.25, 0.3) is 11.1 Å². The minimum Gasteiger partial charge on any atom is -0.383 e. The first kappa shape index (κ1) is 18.4. The second kappa shape index (κ2) is 7.10. The molecule has 0 fully saturated rings. The predicted molar refractivity (Wildman–Crippen MR) is 94.9 cm³/mol. The van der Waals surface area contributed by atoms with E-state index in [1.807, 2.05) is 6.92 Å². The molecular weight excluding hydrogens is 359 g/mol. The third-order valence-electron chi connectivity index (χ3n) is 3.94. The maximum absolute atomic E-state index is 13.2. The molecule has 27 heavy (non-hydrogen) atoms. The number of alkyl halides is 3. The van der Waals surface area contributed by atoms with Crippen molar-refractivity contribution in [1.82, 2.24) is 14.8 Å². The number of nitrogens with two attached hydrogens (primary N) is 1. The van der Waals surface area contributed by atoms with Crippen LogP contribution in [0.1, 0.15) is 23.0 Å². The number of aryl methyl sites for hydroxylation is 1. The number of rotatable bonds is 4. The smallest absolute Gasteiger partial charge is 0.383 e. The third-order valence-corrected chi connectivity index (χ3v) is 3.94. The zero-order valence-corrected chi connectivity index (χ0v) is 14.3. The van der Waals surface area contributed by atoms with Crippen molar-refractivity contribution in [3.8, 4) is 11.1 Å². The molecule has 0 radical (unpaired) electrons. The van der Waals surface area contributed by atoms with E-state index >= 15 is 0 Å². The number of carbonyl (C=O) groups is 1. The number of carbonyl (C=O) groups excluding carboxylic acids is 1. The maximum Gasteiger partial charge on any atom is 0.417 e. The zero-order chi connectivity index (χ0) is 19.6. The lowest BCUT2D eigenvalue weighted by atomic mass is 10.00. The van der Waals surface area contributed by atoms with Crippen molar-refractivity contribution < 1.29 is 18.0 Å². The summed E-state index contributed by atoms with van der Waals surface area (Å²) in [5.74, 6) is -0.423. The molecular formula is C18H16F3N5O. The molecule has 3 aromatic rings. The van der Waals surface area contributed by atoms with Crippen LogP contribution in [0.15, 0.2) is 48.7 Å². The fraction of sp³-hybridized carbons (Fsp3) is 0.167. The fourth-order valence-electron chi connectivity index (χ4n) is 2.70. The number of halogens is 3. The van der Waals surface area contributed by atoms with Crippen molar-refractivity contribution in [2.75, 3.05) is 11.1 Å². The summed E-state index contributed by atoms with van der Waals surface area (Å²) >= 11 is 0. The molecule has 2 aromatic heterocycles. The van der Waals surface area contributed by atoms with Crippen LogP contribution in [0, 0.1) is 0 Å². The SMILES string of the molecule is CCn1nccc1C(=O)Nc1ccc(-c2ccccc2C(F)(F)F)c(N)n1. The molecule has 0 unspecified atom stereocenters. The molecule has 0 aliphatic carbocycles. The van der Waals surface area contributed by atoms with Gasteiger partial charge in [-0.1, -0.05) is 18.2 Å². The van der Waals surface area contributed by atoms with Gasteiger partial charge in [-0.15, -0.1) is 0 Å². The van der Waals surface area contributed by atoms with Crippen molar-refractivity contribution in [2.24, 2.45) is 0 Å². The highest BCUT2D eigenvalue weighted by molar-refractivity contribution is 6.02. The minimum absolute atomic E-state index is 0.0723. The van der Waals surface area contributed by atoms with Crippen LogP contribution in [-0.2, 0) is 12.7 Å². The van der Waals surface area contributed by atoms with E-state index in [1.165, 1.54) is 41.2 Å². The summed E-state index contributed by atoms with van der Waals surface area (Å²) in [4.78, 5) is 16.3. The first-order chi connectivity index (χ1) is 12.8. The lowest BCUT2D eigenvalue weighted by molar-refractivity contribution is -0.137. The molecule has 0 saturated carbocycles. The Morgan fingerprint density at radius 1 is 1.15 bits per heavy atom. The lowest BCUT2D eigenvalue weighted by Gasteiger charge is -2.14. The fourth-order valence-corrected chi connectivity index (χ4v) is 2.70. The number of nitrogens with one attached hydrogen (secondary N) is 1. The van der Waals surface area contributed by atoms with Crippen molar-refractivity contribution in [3.63, 3.8) is 0 Å². The average molecular weight is 375 g/mol. The van der Waals surface area contributed by atoms with Gasteiger partial charge in [-0.3, -0.25) is 9.48 Å². The summed E-state index contributed by atoms with van der Waals surface area (Å²) in [6, 6.07) is 9.47. The number of aromatic nitrogens is 3. The normalized spacial score (nSPS) is 11.4. The second-order valence-corrected chi connectivity index (χ2v) is 5.66. The molecule has 1 amide bonds. The van der Waals surface area contributed by atoms with Gasteiger partial charge in [0.25, 0.3) is 5.91 Å².